The Morgan fingerprint density at radius 3 is 2.18 bits per heavy atom. The molecule has 0 aliphatic heterocycles. The minimum absolute atomic E-state index is 0.568. The number of halogens is 1. The summed E-state index contributed by atoms with van der Waals surface area (Å²) < 4.78 is 5.91. The van der Waals surface area contributed by atoms with Crippen LogP contribution in [0.25, 0.3) is 0 Å². The third-order valence-corrected chi connectivity index (χ3v) is 5.35. The fourth-order valence-corrected chi connectivity index (χ4v) is 3.78. The van der Waals surface area contributed by atoms with Crippen molar-refractivity contribution in [2.45, 2.75) is 52.1 Å². The van der Waals surface area contributed by atoms with Gasteiger partial charge in [0.1, 0.15) is 11.4 Å². The van der Waals surface area contributed by atoms with Crippen molar-refractivity contribution in [2.24, 2.45) is 0 Å². The van der Waals surface area contributed by atoms with Crippen molar-refractivity contribution in [1.29, 1.82) is 0 Å². The van der Waals surface area contributed by atoms with Gasteiger partial charge in [0.2, 0.25) is 0 Å². The number of benzene rings is 2. The summed E-state index contributed by atoms with van der Waals surface area (Å²) in [6, 6.07) is 15.2. The number of rotatable bonds is 12. The first-order valence-electron chi connectivity index (χ1n) is 10.5. The smallest absolute Gasteiger partial charge is 0.119 e. The minimum Gasteiger partial charge on any atom is -0.494 e. The Morgan fingerprint density at radius 2 is 1.61 bits per heavy atom. The van der Waals surface area contributed by atoms with Gasteiger partial charge in [0.25, 0.3) is 0 Å². The van der Waals surface area contributed by atoms with E-state index < -0.39 is 5.60 Å². The van der Waals surface area contributed by atoms with Crippen molar-refractivity contribution in [3.8, 4) is 5.75 Å². The fraction of sp³-hybridized carbons (Fsp3) is 0.500. The lowest BCUT2D eigenvalue weighted by atomic mass is 9.84. The molecule has 1 unspecified atom stereocenters. The highest BCUT2D eigenvalue weighted by Crippen LogP contribution is 2.34. The van der Waals surface area contributed by atoms with E-state index >= 15 is 0 Å². The second-order valence-electron chi connectivity index (χ2n) is 7.29. The van der Waals surface area contributed by atoms with Gasteiger partial charge in [0, 0.05) is 11.6 Å². The van der Waals surface area contributed by atoms with Crippen LogP contribution in [0.4, 0.5) is 0 Å². The van der Waals surface area contributed by atoms with E-state index in [0.29, 0.717) is 18.1 Å². The largest absolute Gasteiger partial charge is 0.494 e. The van der Waals surface area contributed by atoms with Crippen molar-refractivity contribution in [2.75, 3.05) is 26.2 Å². The first-order valence-corrected chi connectivity index (χ1v) is 10.8. The zero-order valence-corrected chi connectivity index (χ0v) is 18.2. The molecule has 0 radical (unpaired) electrons. The van der Waals surface area contributed by atoms with Crippen LogP contribution in [0.15, 0.2) is 48.5 Å². The Labute approximate surface area is 175 Å². The molecule has 1 atom stereocenters. The lowest BCUT2D eigenvalue weighted by Crippen LogP contribution is -2.27. The normalized spacial score (nSPS) is 13.5. The average Bonchev–Trinajstić information content (AvgIpc) is 2.71. The number of hydrogen-bond donors (Lipinski definition) is 1. The number of aliphatic hydroxyl groups is 1. The monoisotopic (exact) mass is 403 g/mol. The van der Waals surface area contributed by atoms with Gasteiger partial charge in [-0.1, -0.05) is 56.6 Å². The molecule has 2 aromatic carbocycles. The zero-order chi connectivity index (χ0) is 20.4. The maximum absolute atomic E-state index is 11.2. The van der Waals surface area contributed by atoms with E-state index in [1.807, 2.05) is 55.5 Å². The van der Waals surface area contributed by atoms with Gasteiger partial charge < -0.3 is 14.7 Å². The summed E-state index contributed by atoms with van der Waals surface area (Å²) in [6.07, 6.45) is 3.96. The molecule has 2 rings (SSSR count). The fourth-order valence-electron chi connectivity index (χ4n) is 3.59. The Bertz CT molecular complexity index is 698. The summed E-state index contributed by atoms with van der Waals surface area (Å²) in [6.45, 7) is 10.5. The Morgan fingerprint density at radius 1 is 0.929 bits per heavy atom. The van der Waals surface area contributed by atoms with Gasteiger partial charge in [-0.15, -0.1) is 0 Å². The van der Waals surface area contributed by atoms with E-state index in [2.05, 4.69) is 18.7 Å². The molecule has 1 N–H and O–H groups in total. The predicted molar refractivity (Wildman–Crippen MR) is 118 cm³/mol. The van der Waals surface area contributed by atoms with Crippen LogP contribution in [0.2, 0.25) is 5.02 Å². The average molecular weight is 404 g/mol. The molecule has 4 heteroatoms. The molecule has 0 spiro atoms. The standard InChI is InChI=1S/C24H34ClNO2/c1-4-15-26(16-5-2)17-8-18-28-23-13-11-20(12-14-23)24(27,6-3)21-9-7-10-22(25)19-21/h7,9-14,19,27H,4-6,8,15-18H2,1-3H3. The molecule has 0 aliphatic carbocycles. The van der Waals surface area contributed by atoms with Crippen LogP contribution in [0.3, 0.4) is 0 Å². The maximum Gasteiger partial charge on any atom is 0.119 e. The summed E-state index contributed by atoms with van der Waals surface area (Å²) >= 11 is 6.12. The molecule has 0 aliphatic rings. The van der Waals surface area contributed by atoms with Gasteiger partial charge in [-0.25, -0.2) is 0 Å². The molecule has 0 saturated carbocycles. The van der Waals surface area contributed by atoms with Crippen molar-refractivity contribution in [3.63, 3.8) is 0 Å². The first-order chi connectivity index (χ1) is 13.5. The van der Waals surface area contributed by atoms with Crippen LogP contribution in [0, 0.1) is 0 Å². The SMILES string of the molecule is CCCN(CCC)CCCOc1ccc(C(O)(CC)c2cccc(Cl)c2)cc1. The molecule has 0 heterocycles. The third-order valence-electron chi connectivity index (χ3n) is 5.11. The molecule has 0 aromatic heterocycles. The summed E-state index contributed by atoms with van der Waals surface area (Å²) in [5.41, 5.74) is 0.606. The van der Waals surface area contributed by atoms with Gasteiger partial charge in [0.05, 0.1) is 6.61 Å². The van der Waals surface area contributed by atoms with Crippen molar-refractivity contribution in [1.82, 2.24) is 4.90 Å². The quantitative estimate of drug-likeness (QED) is 0.449. The van der Waals surface area contributed by atoms with Crippen LogP contribution in [-0.4, -0.2) is 36.2 Å². The molecule has 2 aromatic rings. The molecule has 154 valence electrons. The lowest BCUT2D eigenvalue weighted by molar-refractivity contribution is 0.0765. The van der Waals surface area contributed by atoms with Crippen molar-refractivity contribution < 1.29 is 9.84 Å². The van der Waals surface area contributed by atoms with Gasteiger partial charge >= 0.3 is 0 Å². The number of ether oxygens (including phenoxy) is 1. The Balaban J connectivity index is 1.95. The zero-order valence-electron chi connectivity index (χ0n) is 17.5. The molecule has 0 bridgehead atoms. The van der Waals surface area contributed by atoms with E-state index in [4.69, 9.17) is 16.3 Å². The van der Waals surface area contributed by atoms with Crippen LogP contribution >= 0.6 is 11.6 Å². The summed E-state index contributed by atoms with van der Waals surface area (Å²) in [7, 11) is 0. The predicted octanol–water partition coefficient (Wildman–Crippen LogP) is 5.88. The highest BCUT2D eigenvalue weighted by atomic mass is 35.5. The highest BCUT2D eigenvalue weighted by molar-refractivity contribution is 6.30. The van der Waals surface area contributed by atoms with Gasteiger partial charge in [-0.2, -0.15) is 0 Å². The van der Waals surface area contributed by atoms with Crippen molar-refractivity contribution in [3.05, 3.63) is 64.7 Å². The summed E-state index contributed by atoms with van der Waals surface area (Å²) in [5, 5.41) is 11.9. The van der Waals surface area contributed by atoms with Crippen LogP contribution in [0.1, 0.15) is 57.6 Å². The molecule has 3 nitrogen and oxygen atoms in total. The minimum atomic E-state index is -1.05. The molecular weight excluding hydrogens is 370 g/mol. The van der Waals surface area contributed by atoms with Gasteiger partial charge in [0.15, 0.2) is 0 Å². The van der Waals surface area contributed by atoms with E-state index in [0.717, 1.165) is 42.9 Å². The molecule has 28 heavy (non-hydrogen) atoms. The molecule has 0 saturated heterocycles. The summed E-state index contributed by atoms with van der Waals surface area (Å²) in [4.78, 5) is 2.50. The van der Waals surface area contributed by atoms with Gasteiger partial charge in [-0.05, 0) is 74.2 Å². The topological polar surface area (TPSA) is 32.7 Å². The second kappa shape index (κ2) is 11.5. The molecular formula is C24H34ClNO2. The molecule has 0 amide bonds. The maximum atomic E-state index is 11.2. The first kappa shape index (κ1) is 22.7. The number of nitrogens with zero attached hydrogens (tertiary/aromatic N) is 1. The molecule has 0 fully saturated rings. The Kier molecular flexibility index (Phi) is 9.30. The Hall–Kier alpha value is -1.55. The van der Waals surface area contributed by atoms with E-state index in [1.165, 1.54) is 12.8 Å². The third kappa shape index (κ3) is 6.23. The second-order valence-corrected chi connectivity index (χ2v) is 7.73. The van der Waals surface area contributed by atoms with E-state index in [-0.39, 0.29) is 0 Å². The van der Waals surface area contributed by atoms with E-state index in [9.17, 15) is 5.11 Å². The van der Waals surface area contributed by atoms with Crippen LogP contribution < -0.4 is 4.74 Å². The lowest BCUT2D eigenvalue weighted by Gasteiger charge is -2.28. The van der Waals surface area contributed by atoms with Gasteiger partial charge in [-0.3, -0.25) is 0 Å². The van der Waals surface area contributed by atoms with Crippen LogP contribution in [-0.2, 0) is 5.60 Å². The van der Waals surface area contributed by atoms with Crippen molar-refractivity contribution >= 4 is 11.6 Å². The highest BCUT2D eigenvalue weighted by Gasteiger charge is 2.29. The van der Waals surface area contributed by atoms with Crippen LogP contribution in [0.5, 0.6) is 5.75 Å². The number of hydrogen-bond acceptors (Lipinski definition) is 3. The summed E-state index contributed by atoms with van der Waals surface area (Å²) in [5.74, 6) is 0.839. The van der Waals surface area contributed by atoms with E-state index in [1.54, 1.807) is 0 Å².